The Labute approximate surface area is 241 Å². The average Bonchev–Trinajstić information content (AvgIpc) is 2.94. The van der Waals surface area contributed by atoms with E-state index in [1.807, 2.05) is 38.1 Å². The molecule has 0 bridgehead atoms. The monoisotopic (exact) mass is 610 g/mol. The quantitative estimate of drug-likeness (QED) is 0.152. The van der Waals surface area contributed by atoms with E-state index in [9.17, 15) is 14.4 Å². The molecule has 11 heteroatoms. The van der Waals surface area contributed by atoms with E-state index in [1.54, 1.807) is 36.4 Å². The summed E-state index contributed by atoms with van der Waals surface area (Å²) in [6.07, 6.45) is 2.26. The highest BCUT2D eigenvalue weighted by Crippen LogP contribution is 2.36. The van der Waals surface area contributed by atoms with Gasteiger partial charge in [0.2, 0.25) is 0 Å². The molecule has 0 saturated heterocycles. The van der Waals surface area contributed by atoms with Crippen molar-refractivity contribution >= 4 is 51.2 Å². The van der Waals surface area contributed by atoms with Crippen LogP contribution in [0.2, 0.25) is 0 Å². The van der Waals surface area contributed by atoms with Crippen LogP contribution in [0.1, 0.15) is 31.9 Å². The molecule has 0 spiro atoms. The molecule has 0 aliphatic carbocycles. The molecule has 0 aliphatic rings. The maximum Gasteiger partial charge on any atom is 0.329 e. The number of hydrazone groups is 1. The fraction of sp³-hybridized carbons (Fsp3) is 0.241. The second kappa shape index (κ2) is 15.3. The van der Waals surface area contributed by atoms with Crippen molar-refractivity contribution in [3.05, 3.63) is 76.3 Å². The van der Waals surface area contributed by atoms with Crippen LogP contribution in [0.4, 0.5) is 11.4 Å². The summed E-state index contributed by atoms with van der Waals surface area (Å²) in [5.74, 6) is -1.02. The normalized spacial score (nSPS) is 10.6. The predicted octanol–water partition coefficient (Wildman–Crippen LogP) is 4.92. The van der Waals surface area contributed by atoms with Crippen LogP contribution >= 0.6 is 15.9 Å². The van der Waals surface area contributed by atoms with Gasteiger partial charge in [-0.3, -0.25) is 14.4 Å². The van der Waals surface area contributed by atoms with Crippen molar-refractivity contribution in [2.75, 3.05) is 30.5 Å². The minimum absolute atomic E-state index is 0.237. The number of aryl methyl sites for hydroxylation is 1. The topological polar surface area (TPSA) is 127 Å². The SMILES string of the molecule is CCOc1ccccc1NC(=O)C(=O)N/N=C\c1cc(Br)c(OCC(=O)Nc2ccc(CC)cc2)c(OCC)c1. The van der Waals surface area contributed by atoms with Crippen LogP contribution in [0.15, 0.2) is 70.2 Å². The Balaban J connectivity index is 1.60. The lowest BCUT2D eigenvalue weighted by molar-refractivity contribution is -0.136. The van der Waals surface area contributed by atoms with E-state index in [4.69, 9.17) is 14.2 Å². The molecule has 0 heterocycles. The summed E-state index contributed by atoms with van der Waals surface area (Å²) in [5.41, 5.74) is 4.97. The molecule has 0 saturated carbocycles. The molecular weight excluding hydrogens is 580 g/mol. The Morgan fingerprint density at radius 2 is 1.55 bits per heavy atom. The van der Waals surface area contributed by atoms with Crippen LogP contribution in [0.3, 0.4) is 0 Å². The van der Waals surface area contributed by atoms with Gasteiger partial charge in [-0.05, 0) is 83.7 Å². The van der Waals surface area contributed by atoms with Gasteiger partial charge in [-0.1, -0.05) is 31.2 Å². The molecule has 3 rings (SSSR count). The van der Waals surface area contributed by atoms with E-state index in [0.29, 0.717) is 51.9 Å². The van der Waals surface area contributed by atoms with Crippen molar-refractivity contribution in [1.29, 1.82) is 0 Å². The zero-order valence-corrected chi connectivity index (χ0v) is 24.0. The third kappa shape index (κ3) is 8.84. The van der Waals surface area contributed by atoms with Gasteiger partial charge in [-0.15, -0.1) is 0 Å². The highest BCUT2D eigenvalue weighted by Gasteiger charge is 2.16. The van der Waals surface area contributed by atoms with Gasteiger partial charge >= 0.3 is 11.8 Å². The van der Waals surface area contributed by atoms with Crippen LogP contribution in [-0.2, 0) is 20.8 Å². The van der Waals surface area contributed by atoms with Crippen LogP contribution in [0, 0.1) is 0 Å². The van der Waals surface area contributed by atoms with Crippen molar-refractivity contribution in [3.63, 3.8) is 0 Å². The van der Waals surface area contributed by atoms with Crippen LogP contribution in [0.5, 0.6) is 17.2 Å². The number of nitrogens with zero attached hydrogens (tertiary/aromatic N) is 1. The fourth-order valence-corrected chi connectivity index (χ4v) is 4.04. The molecule has 40 heavy (non-hydrogen) atoms. The van der Waals surface area contributed by atoms with Crippen LogP contribution in [-0.4, -0.2) is 43.8 Å². The highest BCUT2D eigenvalue weighted by atomic mass is 79.9. The van der Waals surface area contributed by atoms with Gasteiger partial charge in [0.1, 0.15) is 5.75 Å². The summed E-state index contributed by atoms with van der Waals surface area (Å²) in [6, 6.07) is 17.7. The van der Waals surface area contributed by atoms with Crippen molar-refractivity contribution < 1.29 is 28.6 Å². The molecule has 3 aromatic carbocycles. The van der Waals surface area contributed by atoms with Crippen LogP contribution in [0.25, 0.3) is 0 Å². The van der Waals surface area contributed by atoms with E-state index in [0.717, 1.165) is 6.42 Å². The van der Waals surface area contributed by atoms with Gasteiger partial charge in [0, 0.05) is 5.69 Å². The number of ether oxygens (including phenoxy) is 3. The van der Waals surface area contributed by atoms with Crippen molar-refractivity contribution in [1.82, 2.24) is 5.43 Å². The first-order chi connectivity index (χ1) is 19.3. The second-order valence-electron chi connectivity index (χ2n) is 8.23. The Kier molecular flexibility index (Phi) is 11.5. The number of hydrogen-bond donors (Lipinski definition) is 3. The van der Waals surface area contributed by atoms with E-state index in [-0.39, 0.29) is 12.5 Å². The zero-order chi connectivity index (χ0) is 28.9. The Bertz CT molecular complexity index is 1360. The minimum atomic E-state index is -0.957. The van der Waals surface area contributed by atoms with Gasteiger partial charge in [0.25, 0.3) is 5.91 Å². The predicted molar refractivity (Wildman–Crippen MR) is 157 cm³/mol. The summed E-state index contributed by atoms with van der Waals surface area (Å²) in [4.78, 5) is 37.0. The average molecular weight is 611 g/mol. The Morgan fingerprint density at radius 1 is 0.850 bits per heavy atom. The van der Waals surface area contributed by atoms with E-state index in [2.05, 4.69) is 44.0 Å². The minimum Gasteiger partial charge on any atom is -0.492 e. The molecule has 3 N–H and O–H groups in total. The molecule has 0 fully saturated rings. The van der Waals surface area contributed by atoms with Crippen LogP contribution < -0.4 is 30.3 Å². The number of amides is 3. The number of benzene rings is 3. The zero-order valence-electron chi connectivity index (χ0n) is 22.5. The van der Waals surface area contributed by atoms with Gasteiger partial charge in [0.05, 0.1) is 29.6 Å². The third-order valence-electron chi connectivity index (χ3n) is 5.35. The number of para-hydroxylation sites is 2. The molecule has 10 nitrogen and oxygen atoms in total. The molecule has 0 aromatic heterocycles. The first-order valence-electron chi connectivity index (χ1n) is 12.7. The largest absolute Gasteiger partial charge is 0.492 e. The number of nitrogens with one attached hydrogen (secondary N) is 3. The molecule has 210 valence electrons. The maximum atomic E-state index is 12.4. The standard InChI is InChI=1S/C29H31BrN4O6/c1-4-19-11-13-21(14-12-19)32-26(35)18-40-27-22(30)15-20(16-25(27)39-6-3)17-31-34-29(37)28(36)33-23-9-7-8-10-24(23)38-5-2/h7-17H,4-6,18H2,1-3H3,(H,32,35)(H,33,36)(H,34,37)/b31-17-. The highest BCUT2D eigenvalue weighted by molar-refractivity contribution is 9.10. The number of halogens is 1. The summed E-state index contributed by atoms with van der Waals surface area (Å²) in [7, 11) is 0. The Morgan fingerprint density at radius 3 is 2.25 bits per heavy atom. The van der Waals surface area contributed by atoms with Gasteiger partial charge in [-0.2, -0.15) is 5.10 Å². The lowest BCUT2D eigenvalue weighted by Crippen LogP contribution is -2.32. The van der Waals surface area contributed by atoms with Crippen molar-refractivity contribution in [3.8, 4) is 17.2 Å². The number of hydrogen-bond acceptors (Lipinski definition) is 7. The van der Waals surface area contributed by atoms with E-state index >= 15 is 0 Å². The van der Waals surface area contributed by atoms with E-state index in [1.165, 1.54) is 11.8 Å². The number of carbonyl (C=O) groups is 3. The van der Waals surface area contributed by atoms with Crippen molar-refractivity contribution in [2.24, 2.45) is 5.10 Å². The fourth-order valence-electron chi connectivity index (χ4n) is 3.47. The molecule has 0 atom stereocenters. The van der Waals surface area contributed by atoms with Gasteiger partial charge in [0.15, 0.2) is 18.1 Å². The lowest BCUT2D eigenvalue weighted by Gasteiger charge is -2.14. The molecule has 3 amide bonds. The first-order valence-corrected chi connectivity index (χ1v) is 13.5. The second-order valence-corrected chi connectivity index (χ2v) is 9.09. The summed E-state index contributed by atoms with van der Waals surface area (Å²) >= 11 is 3.44. The first kappa shape index (κ1) is 30.2. The summed E-state index contributed by atoms with van der Waals surface area (Å²) in [5, 5.41) is 9.17. The van der Waals surface area contributed by atoms with Crippen molar-refractivity contribution in [2.45, 2.75) is 27.2 Å². The van der Waals surface area contributed by atoms with E-state index < -0.39 is 11.8 Å². The maximum absolute atomic E-state index is 12.4. The summed E-state index contributed by atoms with van der Waals surface area (Å²) < 4.78 is 17.4. The third-order valence-corrected chi connectivity index (χ3v) is 5.94. The van der Waals surface area contributed by atoms with Gasteiger partial charge in [-0.25, -0.2) is 5.43 Å². The molecule has 0 unspecified atom stereocenters. The molecular formula is C29H31BrN4O6. The molecule has 0 aliphatic heterocycles. The molecule has 0 radical (unpaired) electrons. The Hall–Kier alpha value is -4.38. The summed E-state index contributed by atoms with van der Waals surface area (Å²) in [6.45, 7) is 6.21. The number of rotatable bonds is 12. The number of anilines is 2. The molecule has 3 aromatic rings. The van der Waals surface area contributed by atoms with Gasteiger partial charge < -0.3 is 24.8 Å². The number of carbonyl (C=O) groups excluding carboxylic acids is 3. The smallest absolute Gasteiger partial charge is 0.329 e. The lowest BCUT2D eigenvalue weighted by atomic mass is 10.1.